The number of amides is 1. The van der Waals surface area contributed by atoms with Crippen molar-refractivity contribution in [2.75, 3.05) is 6.54 Å². The first kappa shape index (κ1) is 19.2. The van der Waals surface area contributed by atoms with Crippen LogP contribution in [0.4, 0.5) is 0 Å². The van der Waals surface area contributed by atoms with Crippen LogP contribution in [-0.2, 0) is 11.3 Å². The first-order chi connectivity index (χ1) is 14.7. The SMILES string of the molecule is C=CC(=O)NCCn1ccc2ncnc(Oc3ccc(Oc4ccccc4)cc3)c21. The van der Waals surface area contributed by atoms with Gasteiger partial charge in [-0.25, -0.2) is 4.98 Å². The Morgan fingerprint density at radius 3 is 2.40 bits per heavy atom. The molecule has 7 nitrogen and oxygen atoms in total. The Kier molecular flexibility index (Phi) is 5.70. The van der Waals surface area contributed by atoms with E-state index in [4.69, 9.17) is 9.47 Å². The van der Waals surface area contributed by atoms with Gasteiger partial charge >= 0.3 is 0 Å². The van der Waals surface area contributed by atoms with Crippen molar-refractivity contribution in [1.29, 1.82) is 0 Å². The van der Waals surface area contributed by atoms with Gasteiger partial charge in [-0.05, 0) is 48.5 Å². The van der Waals surface area contributed by atoms with Crippen LogP contribution < -0.4 is 14.8 Å². The van der Waals surface area contributed by atoms with E-state index in [-0.39, 0.29) is 5.91 Å². The zero-order chi connectivity index (χ0) is 20.8. The molecule has 0 spiro atoms. The van der Waals surface area contributed by atoms with E-state index >= 15 is 0 Å². The first-order valence-corrected chi connectivity index (χ1v) is 9.44. The van der Waals surface area contributed by atoms with Gasteiger partial charge in [-0.2, -0.15) is 4.98 Å². The minimum absolute atomic E-state index is 0.211. The highest BCUT2D eigenvalue weighted by molar-refractivity contribution is 5.86. The van der Waals surface area contributed by atoms with Gasteiger partial charge in [0, 0.05) is 19.3 Å². The number of carbonyl (C=O) groups is 1. The summed E-state index contributed by atoms with van der Waals surface area (Å²) in [6.07, 6.45) is 4.61. The van der Waals surface area contributed by atoms with Crippen LogP contribution in [0, 0.1) is 0 Å². The maximum absolute atomic E-state index is 11.4. The lowest BCUT2D eigenvalue weighted by Crippen LogP contribution is -2.25. The van der Waals surface area contributed by atoms with Gasteiger partial charge in [0.2, 0.25) is 11.8 Å². The van der Waals surface area contributed by atoms with Gasteiger partial charge in [-0.1, -0.05) is 24.8 Å². The molecule has 0 unspecified atom stereocenters. The van der Waals surface area contributed by atoms with Crippen molar-refractivity contribution in [3.05, 3.63) is 85.8 Å². The van der Waals surface area contributed by atoms with Crippen LogP contribution in [0.5, 0.6) is 23.1 Å². The third-order valence-electron chi connectivity index (χ3n) is 4.37. The molecule has 0 radical (unpaired) electrons. The maximum Gasteiger partial charge on any atom is 0.247 e. The summed E-state index contributed by atoms with van der Waals surface area (Å²) < 4.78 is 13.8. The van der Waals surface area contributed by atoms with Crippen LogP contribution in [0.25, 0.3) is 11.0 Å². The molecule has 150 valence electrons. The Hall–Kier alpha value is -4.13. The third kappa shape index (κ3) is 4.47. The second-order valence-electron chi connectivity index (χ2n) is 6.41. The van der Waals surface area contributed by atoms with E-state index in [0.29, 0.717) is 30.5 Å². The van der Waals surface area contributed by atoms with E-state index in [1.807, 2.05) is 71.4 Å². The van der Waals surface area contributed by atoms with E-state index in [0.717, 1.165) is 16.8 Å². The number of hydrogen-bond donors (Lipinski definition) is 1. The van der Waals surface area contributed by atoms with E-state index in [1.54, 1.807) is 0 Å². The number of rotatable bonds is 8. The molecule has 0 aliphatic heterocycles. The Bertz CT molecular complexity index is 1150. The summed E-state index contributed by atoms with van der Waals surface area (Å²) in [5.74, 6) is 2.34. The minimum Gasteiger partial charge on any atom is -0.457 e. The van der Waals surface area contributed by atoms with Crippen molar-refractivity contribution in [3.8, 4) is 23.1 Å². The van der Waals surface area contributed by atoms with Crippen LogP contribution in [0.3, 0.4) is 0 Å². The van der Waals surface area contributed by atoms with Crippen molar-refractivity contribution >= 4 is 16.9 Å². The molecule has 1 amide bonds. The molecule has 0 aliphatic carbocycles. The van der Waals surface area contributed by atoms with Crippen molar-refractivity contribution < 1.29 is 14.3 Å². The van der Waals surface area contributed by atoms with E-state index in [9.17, 15) is 4.79 Å². The van der Waals surface area contributed by atoms with E-state index < -0.39 is 0 Å². The average molecular weight is 400 g/mol. The molecule has 0 bridgehead atoms. The molecule has 2 aromatic carbocycles. The lowest BCUT2D eigenvalue weighted by atomic mass is 10.3. The fourth-order valence-corrected chi connectivity index (χ4v) is 2.95. The predicted molar refractivity (Wildman–Crippen MR) is 114 cm³/mol. The lowest BCUT2D eigenvalue weighted by molar-refractivity contribution is -0.116. The van der Waals surface area contributed by atoms with Gasteiger partial charge in [-0.15, -0.1) is 0 Å². The Labute approximate surface area is 173 Å². The summed E-state index contributed by atoms with van der Waals surface area (Å²) in [7, 11) is 0. The summed E-state index contributed by atoms with van der Waals surface area (Å²) in [5, 5.41) is 2.76. The summed E-state index contributed by atoms with van der Waals surface area (Å²) in [5.41, 5.74) is 1.52. The van der Waals surface area contributed by atoms with Crippen molar-refractivity contribution in [2.24, 2.45) is 0 Å². The molecule has 7 heteroatoms. The van der Waals surface area contributed by atoms with Gasteiger partial charge in [0.25, 0.3) is 0 Å². The molecule has 2 aromatic heterocycles. The van der Waals surface area contributed by atoms with Gasteiger partial charge in [-0.3, -0.25) is 4.79 Å². The van der Waals surface area contributed by atoms with Gasteiger partial charge in [0.15, 0.2) is 0 Å². The first-order valence-electron chi connectivity index (χ1n) is 9.44. The topological polar surface area (TPSA) is 78.3 Å². The molecule has 4 rings (SSSR count). The molecule has 1 N–H and O–H groups in total. The van der Waals surface area contributed by atoms with Crippen LogP contribution >= 0.6 is 0 Å². The molecule has 0 fully saturated rings. The van der Waals surface area contributed by atoms with Crippen LogP contribution in [0.2, 0.25) is 0 Å². The average Bonchev–Trinajstić information content (AvgIpc) is 3.20. The van der Waals surface area contributed by atoms with Gasteiger partial charge < -0.3 is 19.4 Å². The lowest BCUT2D eigenvalue weighted by Gasteiger charge is -2.11. The largest absolute Gasteiger partial charge is 0.457 e. The fraction of sp³-hybridized carbons (Fsp3) is 0.0870. The van der Waals surface area contributed by atoms with E-state index in [1.165, 1.54) is 12.4 Å². The number of benzene rings is 2. The number of fused-ring (bicyclic) bond motifs is 1. The summed E-state index contributed by atoms with van der Waals surface area (Å²) in [6, 6.07) is 18.8. The molecule has 2 heterocycles. The highest BCUT2D eigenvalue weighted by atomic mass is 16.5. The van der Waals surface area contributed by atoms with Gasteiger partial charge in [0.1, 0.15) is 29.1 Å². The van der Waals surface area contributed by atoms with Crippen LogP contribution in [0.1, 0.15) is 0 Å². The maximum atomic E-state index is 11.4. The number of nitrogens with zero attached hydrogens (tertiary/aromatic N) is 3. The molecular weight excluding hydrogens is 380 g/mol. The number of para-hydroxylation sites is 1. The Morgan fingerprint density at radius 2 is 1.67 bits per heavy atom. The summed E-state index contributed by atoms with van der Waals surface area (Å²) in [4.78, 5) is 19.9. The van der Waals surface area contributed by atoms with E-state index in [2.05, 4.69) is 21.9 Å². The number of aromatic nitrogens is 3. The standard InChI is InChI=1S/C23H20N4O3/c1-2-21(28)24-13-15-27-14-12-20-22(27)23(26-16-25-20)30-19-10-8-18(9-11-19)29-17-6-4-3-5-7-17/h2-12,14,16H,1,13,15H2,(H,24,28). The Balaban J connectivity index is 1.50. The molecule has 0 aliphatic rings. The number of hydrogen-bond acceptors (Lipinski definition) is 5. The predicted octanol–water partition coefficient (Wildman–Crippen LogP) is 4.32. The Morgan fingerprint density at radius 1 is 0.967 bits per heavy atom. The monoisotopic (exact) mass is 400 g/mol. The zero-order valence-corrected chi connectivity index (χ0v) is 16.2. The minimum atomic E-state index is -0.211. The van der Waals surface area contributed by atoms with Crippen molar-refractivity contribution in [3.63, 3.8) is 0 Å². The molecule has 4 aromatic rings. The third-order valence-corrected chi connectivity index (χ3v) is 4.37. The zero-order valence-electron chi connectivity index (χ0n) is 16.2. The van der Waals surface area contributed by atoms with Crippen molar-refractivity contribution in [1.82, 2.24) is 19.9 Å². The molecule has 0 atom stereocenters. The highest BCUT2D eigenvalue weighted by Crippen LogP contribution is 2.29. The van der Waals surface area contributed by atoms with Crippen molar-refractivity contribution in [2.45, 2.75) is 6.54 Å². The molecule has 0 saturated carbocycles. The quantitative estimate of drug-likeness (QED) is 0.446. The second kappa shape index (κ2) is 8.91. The molecule has 30 heavy (non-hydrogen) atoms. The summed E-state index contributed by atoms with van der Waals surface area (Å²) >= 11 is 0. The number of ether oxygens (including phenoxy) is 2. The normalized spacial score (nSPS) is 10.5. The number of nitrogens with one attached hydrogen (secondary N) is 1. The van der Waals surface area contributed by atoms with Crippen LogP contribution in [0.15, 0.2) is 85.8 Å². The smallest absolute Gasteiger partial charge is 0.247 e. The fourth-order valence-electron chi connectivity index (χ4n) is 2.95. The second-order valence-corrected chi connectivity index (χ2v) is 6.41. The summed E-state index contributed by atoms with van der Waals surface area (Å²) in [6.45, 7) is 4.45. The highest BCUT2D eigenvalue weighted by Gasteiger charge is 2.12. The van der Waals surface area contributed by atoms with Crippen LogP contribution in [-0.4, -0.2) is 27.0 Å². The molecular formula is C23H20N4O3. The van der Waals surface area contributed by atoms with Gasteiger partial charge in [0.05, 0.1) is 5.52 Å². The number of carbonyl (C=O) groups excluding carboxylic acids is 1. The molecule has 0 saturated heterocycles.